The largest absolute Gasteiger partial charge is 0.474 e. The number of carbonyl (C=O) groups excluding carboxylic acids is 1. The zero-order valence-electron chi connectivity index (χ0n) is 8.70. The lowest BCUT2D eigenvalue weighted by atomic mass is 9.93. The average Bonchev–Trinajstić information content (AvgIpc) is 2.51. The van der Waals surface area contributed by atoms with Gasteiger partial charge in [0.2, 0.25) is 0 Å². The number of thiazole rings is 1. The van der Waals surface area contributed by atoms with Crippen LogP contribution in [0.2, 0.25) is 0 Å². The van der Waals surface area contributed by atoms with Gasteiger partial charge in [0.15, 0.2) is 5.13 Å². The highest BCUT2D eigenvalue weighted by molar-refractivity contribution is 7.14. The zero-order chi connectivity index (χ0) is 11.6. The first-order chi connectivity index (χ1) is 6.80. The first kappa shape index (κ1) is 11.6. The molecule has 0 saturated heterocycles. The molecule has 1 rings (SSSR count). The molecule has 15 heavy (non-hydrogen) atoms. The number of aliphatic carboxylic acids is 1. The van der Waals surface area contributed by atoms with Gasteiger partial charge in [-0.25, -0.2) is 9.78 Å². The summed E-state index contributed by atoms with van der Waals surface area (Å²) in [6, 6.07) is 0. The minimum Gasteiger partial charge on any atom is -0.474 e. The average molecular weight is 228 g/mol. The molecule has 0 unspecified atom stereocenters. The van der Waals surface area contributed by atoms with Gasteiger partial charge in [0.1, 0.15) is 0 Å². The third-order valence-electron chi connectivity index (χ3n) is 1.69. The van der Waals surface area contributed by atoms with Crippen molar-refractivity contribution in [3.63, 3.8) is 0 Å². The Hall–Kier alpha value is -1.43. The fourth-order valence-electron chi connectivity index (χ4n) is 0.826. The smallest absolute Gasteiger partial charge is 0.394 e. The molecule has 0 aliphatic heterocycles. The minimum atomic E-state index is -1.51. The SMILES string of the molecule is CC(C)(C)c1csc(NC(=O)C(=O)O)n1. The van der Waals surface area contributed by atoms with Crippen molar-refractivity contribution in [2.24, 2.45) is 0 Å². The second-order valence-electron chi connectivity index (χ2n) is 4.05. The van der Waals surface area contributed by atoms with E-state index in [-0.39, 0.29) is 5.41 Å². The van der Waals surface area contributed by atoms with Crippen LogP contribution in [0.25, 0.3) is 0 Å². The fraction of sp³-hybridized carbons (Fsp3) is 0.444. The molecular weight excluding hydrogens is 216 g/mol. The van der Waals surface area contributed by atoms with Crippen molar-refractivity contribution in [1.82, 2.24) is 4.98 Å². The number of anilines is 1. The molecule has 1 amide bonds. The Morgan fingerprint density at radius 1 is 1.47 bits per heavy atom. The molecule has 0 bridgehead atoms. The molecule has 0 fully saturated rings. The molecule has 2 N–H and O–H groups in total. The van der Waals surface area contributed by atoms with Crippen molar-refractivity contribution in [2.45, 2.75) is 26.2 Å². The van der Waals surface area contributed by atoms with Crippen molar-refractivity contribution in [3.8, 4) is 0 Å². The van der Waals surface area contributed by atoms with Crippen LogP contribution >= 0.6 is 11.3 Å². The van der Waals surface area contributed by atoms with Crippen LogP contribution in [0.3, 0.4) is 0 Å². The van der Waals surface area contributed by atoms with Crippen molar-refractivity contribution in [1.29, 1.82) is 0 Å². The number of carboxylic acid groups (broad SMARTS) is 1. The van der Waals surface area contributed by atoms with E-state index < -0.39 is 11.9 Å². The minimum absolute atomic E-state index is 0.108. The molecule has 0 radical (unpaired) electrons. The highest BCUT2D eigenvalue weighted by Crippen LogP contribution is 2.26. The predicted molar refractivity (Wildman–Crippen MR) is 57.1 cm³/mol. The molecule has 0 aliphatic rings. The van der Waals surface area contributed by atoms with Crippen molar-refractivity contribution >= 4 is 28.3 Å². The topological polar surface area (TPSA) is 79.3 Å². The molecule has 5 nitrogen and oxygen atoms in total. The molecule has 82 valence electrons. The fourth-order valence-corrected chi connectivity index (χ4v) is 1.76. The monoisotopic (exact) mass is 228 g/mol. The van der Waals surface area contributed by atoms with Crippen LogP contribution < -0.4 is 5.32 Å². The van der Waals surface area contributed by atoms with Crippen LogP contribution in [-0.2, 0) is 15.0 Å². The van der Waals surface area contributed by atoms with Crippen molar-refractivity contribution < 1.29 is 14.7 Å². The summed E-state index contributed by atoms with van der Waals surface area (Å²) < 4.78 is 0. The molecule has 0 atom stereocenters. The van der Waals surface area contributed by atoms with Gasteiger partial charge in [0.05, 0.1) is 5.69 Å². The third-order valence-corrected chi connectivity index (χ3v) is 2.45. The van der Waals surface area contributed by atoms with E-state index in [2.05, 4.69) is 10.3 Å². The summed E-state index contributed by atoms with van der Waals surface area (Å²) in [4.78, 5) is 25.2. The van der Waals surface area contributed by atoms with Crippen LogP contribution in [0.1, 0.15) is 26.5 Å². The van der Waals surface area contributed by atoms with Crippen LogP contribution in [0.15, 0.2) is 5.38 Å². The molecule has 0 aliphatic carbocycles. The Labute approximate surface area is 91.1 Å². The van der Waals surface area contributed by atoms with E-state index in [0.717, 1.165) is 5.69 Å². The van der Waals surface area contributed by atoms with Gasteiger partial charge in [-0.2, -0.15) is 0 Å². The summed E-state index contributed by atoms with van der Waals surface area (Å²) in [5.74, 6) is -2.58. The second kappa shape index (κ2) is 3.98. The zero-order valence-corrected chi connectivity index (χ0v) is 9.51. The highest BCUT2D eigenvalue weighted by atomic mass is 32.1. The Bertz CT molecular complexity index is 392. The van der Waals surface area contributed by atoms with E-state index in [1.54, 1.807) is 5.38 Å². The lowest BCUT2D eigenvalue weighted by Gasteiger charge is -2.13. The maximum absolute atomic E-state index is 10.8. The van der Waals surface area contributed by atoms with Gasteiger partial charge in [0.25, 0.3) is 0 Å². The molecule has 0 spiro atoms. The number of nitrogens with zero attached hydrogens (tertiary/aromatic N) is 1. The van der Waals surface area contributed by atoms with Crippen LogP contribution in [0, 0.1) is 0 Å². The number of rotatable bonds is 1. The van der Waals surface area contributed by atoms with E-state index in [9.17, 15) is 9.59 Å². The lowest BCUT2D eigenvalue weighted by molar-refractivity contribution is -0.147. The summed E-state index contributed by atoms with van der Waals surface area (Å²) >= 11 is 1.22. The molecule has 0 saturated carbocycles. The Balaban J connectivity index is 2.78. The summed E-state index contributed by atoms with van der Waals surface area (Å²) in [5, 5.41) is 12.7. The summed E-state index contributed by atoms with van der Waals surface area (Å²) in [5.41, 5.74) is 0.719. The maximum Gasteiger partial charge on any atom is 0.394 e. The lowest BCUT2D eigenvalue weighted by Crippen LogP contribution is -2.22. The predicted octanol–water partition coefficient (Wildman–Crippen LogP) is 1.46. The van der Waals surface area contributed by atoms with Gasteiger partial charge < -0.3 is 5.11 Å². The quantitative estimate of drug-likeness (QED) is 0.713. The maximum atomic E-state index is 10.8. The van der Waals surface area contributed by atoms with Gasteiger partial charge in [-0.05, 0) is 0 Å². The number of carbonyl (C=O) groups is 2. The number of hydrogen-bond donors (Lipinski definition) is 2. The van der Waals surface area contributed by atoms with Gasteiger partial charge in [-0.15, -0.1) is 11.3 Å². The standard InChI is InChI=1S/C9H12N2O3S/c1-9(2,3)5-4-15-8(10-5)11-6(12)7(13)14/h4H,1-3H3,(H,13,14)(H,10,11,12). The van der Waals surface area contributed by atoms with E-state index in [1.807, 2.05) is 20.8 Å². The van der Waals surface area contributed by atoms with E-state index in [4.69, 9.17) is 5.11 Å². The van der Waals surface area contributed by atoms with Gasteiger partial charge in [-0.3, -0.25) is 10.1 Å². The Morgan fingerprint density at radius 2 is 2.07 bits per heavy atom. The van der Waals surface area contributed by atoms with E-state index in [0.29, 0.717) is 5.13 Å². The Kier molecular flexibility index (Phi) is 3.09. The number of hydrogen-bond acceptors (Lipinski definition) is 4. The second-order valence-corrected chi connectivity index (χ2v) is 4.91. The molecular formula is C9H12N2O3S. The molecule has 0 aromatic carbocycles. The number of amides is 1. The van der Waals surface area contributed by atoms with Crippen molar-refractivity contribution in [2.75, 3.05) is 5.32 Å². The Morgan fingerprint density at radius 3 is 2.47 bits per heavy atom. The van der Waals surface area contributed by atoms with Crippen LogP contribution in [-0.4, -0.2) is 22.0 Å². The number of carboxylic acids is 1. The van der Waals surface area contributed by atoms with Gasteiger partial charge >= 0.3 is 11.9 Å². The van der Waals surface area contributed by atoms with E-state index >= 15 is 0 Å². The molecule has 1 heterocycles. The first-order valence-electron chi connectivity index (χ1n) is 4.31. The molecule has 6 heteroatoms. The summed E-state index contributed by atoms with van der Waals surface area (Å²) in [6.07, 6.45) is 0. The van der Waals surface area contributed by atoms with Gasteiger partial charge in [-0.1, -0.05) is 20.8 Å². The van der Waals surface area contributed by atoms with Crippen molar-refractivity contribution in [3.05, 3.63) is 11.1 Å². The summed E-state index contributed by atoms with van der Waals surface area (Å²) in [7, 11) is 0. The van der Waals surface area contributed by atoms with Crippen LogP contribution in [0.5, 0.6) is 0 Å². The normalized spacial score (nSPS) is 11.1. The van der Waals surface area contributed by atoms with E-state index in [1.165, 1.54) is 11.3 Å². The number of aromatic nitrogens is 1. The van der Waals surface area contributed by atoms with Crippen LogP contribution in [0.4, 0.5) is 5.13 Å². The first-order valence-corrected chi connectivity index (χ1v) is 5.19. The molecule has 1 aromatic rings. The third kappa shape index (κ3) is 3.02. The van der Waals surface area contributed by atoms with Gasteiger partial charge in [0, 0.05) is 10.8 Å². The molecule has 1 aromatic heterocycles. The summed E-state index contributed by atoms with van der Waals surface area (Å²) in [6.45, 7) is 5.97. The number of nitrogens with one attached hydrogen (secondary N) is 1. The highest BCUT2D eigenvalue weighted by Gasteiger charge is 2.19.